The van der Waals surface area contributed by atoms with Crippen LogP contribution in [0.4, 0.5) is 4.79 Å². The number of carbonyl (C=O) groups is 2. The second-order valence-electron chi connectivity index (χ2n) is 2.99. The van der Waals surface area contributed by atoms with Crippen molar-refractivity contribution in [2.75, 3.05) is 21.1 Å². The summed E-state index contributed by atoms with van der Waals surface area (Å²) in [5.41, 5.74) is 0. The van der Waals surface area contributed by atoms with Gasteiger partial charge in [-0.1, -0.05) is 24.0 Å². The van der Waals surface area contributed by atoms with E-state index in [4.69, 9.17) is 12.2 Å². The highest BCUT2D eigenvalue weighted by Gasteiger charge is 2.18. The largest absolute Gasteiger partial charge is 0.364 e. The lowest BCUT2D eigenvalue weighted by molar-refractivity contribution is -0.119. The lowest BCUT2D eigenvalue weighted by Crippen LogP contribution is -2.41. The molecular formula is C8H15N3O2S2. The highest BCUT2D eigenvalue weighted by molar-refractivity contribution is 8.23. The van der Waals surface area contributed by atoms with Crippen molar-refractivity contribution in [3.8, 4) is 0 Å². The zero-order valence-electron chi connectivity index (χ0n) is 9.16. The van der Waals surface area contributed by atoms with Gasteiger partial charge in [0.15, 0.2) is 0 Å². The number of thiocarbonyl (C=S) groups is 1. The molecular weight excluding hydrogens is 234 g/mol. The third-order valence-corrected chi connectivity index (χ3v) is 3.26. The van der Waals surface area contributed by atoms with Gasteiger partial charge in [-0.15, -0.1) is 0 Å². The van der Waals surface area contributed by atoms with E-state index < -0.39 is 11.3 Å². The Balaban J connectivity index is 4.10. The maximum absolute atomic E-state index is 11.4. The number of rotatable bonds is 2. The molecule has 0 aromatic carbocycles. The van der Waals surface area contributed by atoms with Crippen LogP contribution in [0.3, 0.4) is 0 Å². The molecule has 3 amide bonds. The van der Waals surface area contributed by atoms with Gasteiger partial charge < -0.3 is 10.2 Å². The molecule has 15 heavy (non-hydrogen) atoms. The van der Waals surface area contributed by atoms with Crippen molar-refractivity contribution in [3.05, 3.63) is 0 Å². The van der Waals surface area contributed by atoms with Gasteiger partial charge in [0.1, 0.15) is 4.32 Å². The smallest absolute Gasteiger partial charge is 0.321 e. The average Bonchev–Trinajstić information content (AvgIpc) is 2.16. The van der Waals surface area contributed by atoms with E-state index in [0.717, 1.165) is 0 Å². The van der Waals surface area contributed by atoms with Crippen molar-refractivity contribution in [2.24, 2.45) is 0 Å². The molecule has 0 bridgehead atoms. The van der Waals surface area contributed by atoms with Gasteiger partial charge in [-0.05, 0) is 6.92 Å². The Morgan fingerprint density at radius 1 is 1.40 bits per heavy atom. The summed E-state index contributed by atoms with van der Waals surface area (Å²) in [5, 5.41) is 4.10. The van der Waals surface area contributed by atoms with Crippen LogP contribution in [0.2, 0.25) is 0 Å². The third kappa shape index (κ3) is 5.58. The fourth-order valence-corrected chi connectivity index (χ4v) is 1.70. The molecule has 7 heteroatoms. The number of hydrogen-bond donors (Lipinski definition) is 2. The molecule has 86 valence electrons. The minimum atomic E-state index is -0.511. The Morgan fingerprint density at radius 3 is 2.33 bits per heavy atom. The number of amides is 3. The maximum Gasteiger partial charge on any atom is 0.321 e. The summed E-state index contributed by atoms with van der Waals surface area (Å²) in [4.78, 5) is 24.0. The number of imide groups is 1. The maximum atomic E-state index is 11.4. The van der Waals surface area contributed by atoms with Crippen molar-refractivity contribution in [3.63, 3.8) is 0 Å². The molecule has 0 rings (SSSR count). The lowest BCUT2D eigenvalue weighted by Gasteiger charge is -2.16. The van der Waals surface area contributed by atoms with E-state index in [1.807, 2.05) is 0 Å². The normalized spacial score (nSPS) is 11.5. The predicted molar refractivity (Wildman–Crippen MR) is 65.9 cm³/mol. The molecule has 0 saturated heterocycles. The minimum absolute atomic E-state index is 0.358. The van der Waals surface area contributed by atoms with Crippen LogP contribution < -0.4 is 10.6 Å². The Kier molecular flexibility index (Phi) is 6.26. The predicted octanol–water partition coefficient (Wildman–Crippen LogP) is 0.410. The van der Waals surface area contributed by atoms with E-state index in [2.05, 4.69) is 10.6 Å². The van der Waals surface area contributed by atoms with Gasteiger partial charge >= 0.3 is 6.03 Å². The third-order valence-electron chi connectivity index (χ3n) is 1.48. The van der Waals surface area contributed by atoms with Crippen LogP contribution in [-0.4, -0.2) is 47.6 Å². The Bertz CT molecular complexity index is 269. The molecule has 5 nitrogen and oxygen atoms in total. The fourth-order valence-electron chi connectivity index (χ4n) is 0.586. The van der Waals surface area contributed by atoms with Crippen LogP contribution in [0.15, 0.2) is 0 Å². The first-order valence-corrected chi connectivity index (χ1v) is 5.57. The van der Waals surface area contributed by atoms with Gasteiger partial charge in [0, 0.05) is 21.1 Å². The first-order valence-electron chi connectivity index (χ1n) is 4.29. The molecule has 0 aliphatic rings. The van der Waals surface area contributed by atoms with Crippen molar-refractivity contribution in [1.29, 1.82) is 0 Å². The summed E-state index contributed by atoms with van der Waals surface area (Å²) < 4.78 is 0.606. The fraction of sp³-hybridized carbons (Fsp3) is 0.625. The lowest BCUT2D eigenvalue weighted by atomic mass is 10.4. The highest BCUT2D eigenvalue weighted by Crippen LogP contribution is 2.14. The van der Waals surface area contributed by atoms with Crippen molar-refractivity contribution in [1.82, 2.24) is 15.5 Å². The second kappa shape index (κ2) is 6.62. The molecule has 0 heterocycles. The second-order valence-corrected chi connectivity index (χ2v) is 4.96. The Labute approximate surface area is 99.0 Å². The van der Waals surface area contributed by atoms with E-state index in [0.29, 0.717) is 4.32 Å². The summed E-state index contributed by atoms with van der Waals surface area (Å²) >= 11 is 6.26. The summed E-state index contributed by atoms with van der Waals surface area (Å²) in [7, 11) is 5.06. The molecule has 0 fully saturated rings. The summed E-state index contributed by atoms with van der Waals surface area (Å²) in [6.07, 6.45) is 0. The average molecular weight is 249 g/mol. The molecule has 0 unspecified atom stereocenters. The molecule has 1 atom stereocenters. The van der Waals surface area contributed by atoms with E-state index in [1.54, 1.807) is 25.9 Å². The number of nitrogens with zero attached hydrogens (tertiary/aromatic N) is 1. The quantitative estimate of drug-likeness (QED) is 0.694. The first kappa shape index (κ1) is 14.2. The summed E-state index contributed by atoms with van der Waals surface area (Å²) in [6.45, 7) is 1.69. The topological polar surface area (TPSA) is 61.4 Å². The standard InChI is InChI=1S/C8H15N3O2S2/c1-5(15-8(14)11(3)4)6(12)10-7(13)9-2/h5H,1-4H3,(H2,9,10,12,13)/t5-/m1/s1. The van der Waals surface area contributed by atoms with E-state index in [9.17, 15) is 9.59 Å². The highest BCUT2D eigenvalue weighted by atomic mass is 32.2. The molecule has 0 saturated carbocycles. The molecule has 0 aliphatic carbocycles. The SMILES string of the molecule is CNC(=O)NC(=O)[C@@H](C)SC(=S)N(C)C. The van der Waals surface area contributed by atoms with Gasteiger partial charge in [-0.3, -0.25) is 10.1 Å². The van der Waals surface area contributed by atoms with Crippen LogP contribution >= 0.6 is 24.0 Å². The van der Waals surface area contributed by atoms with Gasteiger partial charge in [0.2, 0.25) is 5.91 Å². The zero-order valence-corrected chi connectivity index (χ0v) is 10.8. The van der Waals surface area contributed by atoms with Crippen molar-refractivity contribution < 1.29 is 9.59 Å². The summed E-state index contributed by atoms with van der Waals surface area (Å²) in [6, 6.07) is -0.511. The number of thioether (sulfide) groups is 1. The van der Waals surface area contributed by atoms with Crippen LogP contribution in [0, 0.1) is 0 Å². The Hall–Kier alpha value is -0.820. The van der Waals surface area contributed by atoms with E-state index >= 15 is 0 Å². The van der Waals surface area contributed by atoms with Gasteiger partial charge in [0.05, 0.1) is 5.25 Å². The van der Waals surface area contributed by atoms with Crippen LogP contribution in [0.5, 0.6) is 0 Å². The van der Waals surface area contributed by atoms with Gasteiger partial charge in [-0.2, -0.15) is 0 Å². The number of hydrogen-bond acceptors (Lipinski definition) is 4. The molecule has 0 aliphatic heterocycles. The molecule has 0 spiro atoms. The minimum Gasteiger partial charge on any atom is -0.364 e. The van der Waals surface area contributed by atoms with Crippen LogP contribution in [0.1, 0.15) is 6.92 Å². The first-order chi connectivity index (χ1) is 6.88. The van der Waals surface area contributed by atoms with E-state index in [-0.39, 0.29) is 5.91 Å². The molecule has 2 N–H and O–H groups in total. The number of urea groups is 1. The van der Waals surface area contributed by atoms with Crippen LogP contribution in [0.25, 0.3) is 0 Å². The zero-order chi connectivity index (χ0) is 12.0. The summed E-state index contributed by atoms with van der Waals surface area (Å²) in [5.74, 6) is -0.358. The molecule has 0 radical (unpaired) electrons. The molecule has 0 aromatic rings. The van der Waals surface area contributed by atoms with Crippen molar-refractivity contribution >= 4 is 40.2 Å². The van der Waals surface area contributed by atoms with Crippen LogP contribution in [-0.2, 0) is 4.79 Å². The van der Waals surface area contributed by atoms with Crippen molar-refractivity contribution in [2.45, 2.75) is 12.2 Å². The van der Waals surface area contributed by atoms with E-state index in [1.165, 1.54) is 18.8 Å². The Morgan fingerprint density at radius 2 is 1.93 bits per heavy atom. The monoisotopic (exact) mass is 249 g/mol. The van der Waals surface area contributed by atoms with Gasteiger partial charge in [-0.25, -0.2) is 4.79 Å². The number of carbonyl (C=O) groups excluding carboxylic acids is 2. The van der Waals surface area contributed by atoms with Gasteiger partial charge in [0.25, 0.3) is 0 Å². The molecule has 0 aromatic heterocycles. The number of nitrogens with one attached hydrogen (secondary N) is 2.